The molecule has 1 amide bonds. The van der Waals surface area contributed by atoms with Crippen molar-refractivity contribution in [3.8, 4) is 0 Å². The summed E-state index contributed by atoms with van der Waals surface area (Å²) in [5.41, 5.74) is -0.701. The fourth-order valence-electron chi connectivity index (χ4n) is 2.81. The van der Waals surface area contributed by atoms with Crippen molar-refractivity contribution < 1.29 is 22.9 Å². The Hall–Kier alpha value is -2.91. The zero-order valence-electron chi connectivity index (χ0n) is 14.2. The molecule has 1 fully saturated rings. The molecule has 0 unspecified atom stereocenters. The lowest BCUT2D eigenvalue weighted by Crippen LogP contribution is -2.26. The van der Waals surface area contributed by atoms with Gasteiger partial charge in [-0.3, -0.25) is 19.6 Å². The molecule has 1 aromatic carbocycles. The third-order valence-electron chi connectivity index (χ3n) is 4.27. The van der Waals surface area contributed by atoms with E-state index in [4.69, 9.17) is 0 Å². The van der Waals surface area contributed by atoms with Crippen LogP contribution in [-0.2, 0) is 12.7 Å². The molecule has 0 aliphatic heterocycles. The molecule has 144 valence electrons. The highest BCUT2D eigenvalue weighted by Gasteiger charge is 2.37. The normalized spacial score (nSPS) is 14.2. The van der Waals surface area contributed by atoms with Gasteiger partial charge in [-0.25, -0.2) is 0 Å². The van der Waals surface area contributed by atoms with Crippen LogP contribution in [0.4, 0.5) is 18.9 Å². The molecule has 7 nitrogen and oxygen atoms in total. The fourth-order valence-corrected chi connectivity index (χ4v) is 2.81. The van der Waals surface area contributed by atoms with Gasteiger partial charge in [0.2, 0.25) is 0 Å². The van der Waals surface area contributed by atoms with Gasteiger partial charge >= 0.3 is 6.18 Å². The average Bonchev–Trinajstić information content (AvgIpc) is 3.36. The molecule has 2 aromatic rings. The lowest BCUT2D eigenvalue weighted by atomic mass is 10.1. The summed E-state index contributed by atoms with van der Waals surface area (Å²) in [5, 5.41) is 17.2. The number of carbonyl (C=O) groups excluding carboxylic acids is 1. The van der Waals surface area contributed by atoms with E-state index in [2.05, 4.69) is 10.4 Å². The van der Waals surface area contributed by atoms with Crippen molar-refractivity contribution >= 4 is 11.6 Å². The Labute approximate surface area is 152 Å². The van der Waals surface area contributed by atoms with Crippen LogP contribution in [0.2, 0.25) is 0 Å². The van der Waals surface area contributed by atoms with E-state index in [1.165, 1.54) is 28.9 Å². The third kappa shape index (κ3) is 4.44. The minimum Gasteiger partial charge on any atom is -0.352 e. The van der Waals surface area contributed by atoms with Crippen LogP contribution in [0.5, 0.6) is 0 Å². The summed E-state index contributed by atoms with van der Waals surface area (Å²) in [6.07, 6.45) is -2.45. The van der Waals surface area contributed by atoms with Crippen LogP contribution in [0, 0.1) is 10.1 Å². The van der Waals surface area contributed by atoms with Crippen LogP contribution in [0.15, 0.2) is 30.3 Å². The fraction of sp³-hybridized carbons (Fsp3) is 0.412. The highest BCUT2D eigenvalue weighted by Crippen LogP contribution is 2.42. The van der Waals surface area contributed by atoms with Crippen LogP contribution in [-0.4, -0.2) is 27.2 Å². The monoisotopic (exact) mass is 382 g/mol. The SMILES string of the molecule is O=C(NCCCn1nc(C(F)(F)F)cc1C1CC1)c1ccccc1[N+](=O)[O-]. The Morgan fingerprint density at radius 3 is 2.67 bits per heavy atom. The van der Waals surface area contributed by atoms with Crippen LogP contribution in [0.1, 0.15) is 46.9 Å². The van der Waals surface area contributed by atoms with Gasteiger partial charge in [0.15, 0.2) is 5.69 Å². The van der Waals surface area contributed by atoms with Crippen molar-refractivity contribution in [1.29, 1.82) is 0 Å². The van der Waals surface area contributed by atoms with Crippen LogP contribution in [0.25, 0.3) is 0 Å². The predicted octanol–water partition coefficient (Wildman–Crippen LogP) is 3.51. The van der Waals surface area contributed by atoms with Crippen molar-refractivity contribution in [2.45, 2.75) is 37.9 Å². The number of benzene rings is 1. The molecule has 0 saturated heterocycles. The topological polar surface area (TPSA) is 90.1 Å². The quantitative estimate of drug-likeness (QED) is 0.451. The summed E-state index contributed by atoms with van der Waals surface area (Å²) in [5.74, 6) is -0.490. The Bertz CT molecular complexity index is 859. The highest BCUT2D eigenvalue weighted by atomic mass is 19.4. The summed E-state index contributed by atoms with van der Waals surface area (Å²) < 4.78 is 39.9. The average molecular weight is 382 g/mol. The maximum atomic E-state index is 12.9. The van der Waals surface area contributed by atoms with E-state index in [0.29, 0.717) is 12.1 Å². The van der Waals surface area contributed by atoms with E-state index in [1.807, 2.05) is 0 Å². The molecule has 10 heteroatoms. The predicted molar refractivity (Wildman–Crippen MR) is 89.3 cm³/mol. The number of halogens is 3. The zero-order chi connectivity index (χ0) is 19.6. The summed E-state index contributed by atoms with van der Waals surface area (Å²) in [6.45, 7) is 0.384. The van der Waals surface area contributed by atoms with Gasteiger partial charge in [-0.1, -0.05) is 12.1 Å². The highest BCUT2D eigenvalue weighted by molar-refractivity contribution is 5.98. The molecular formula is C17H17F3N4O3. The van der Waals surface area contributed by atoms with E-state index < -0.39 is 22.7 Å². The standard InChI is InChI=1S/C17H17F3N4O3/c18-17(19,20)15-10-14(11-6-7-11)23(22-15)9-3-8-21-16(25)12-4-1-2-5-13(12)24(26)27/h1-2,4-5,10-11H,3,6-9H2,(H,21,25). The number of aromatic nitrogens is 2. The summed E-state index contributed by atoms with van der Waals surface area (Å²) in [4.78, 5) is 22.4. The van der Waals surface area contributed by atoms with E-state index in [-0.39, 0.29) is 30.3 Å². The molecule has 27 heavy (non-hydrogen) atoms. The Morgan fingerprint density at radius 1 is 1.33 bits per heavy atom. The number of aryl methyl sites for hydroxylation is 1. The maximum Gasteiger partial charge on any atom is 0.435 e. The number of hydrogen-bond acceptors (Lipinski definition) is 4. The lowest BCUT2D eigenvalue weighted by molar-refractivity contribution is -0.385. The summed E-state index contributed by atoms with van der Waals surface area (Å²) in [7, 11) is 0. The van der Waals surface area contributed by atoms with Crippen molar-refractivity contribution in [2.75, 3.05) is 6.54 Å². The second kappa shape index (κ2) is 7.37. The largest absolute Gasteiger partial charge is 0.435 e. The van der Waals surface area contributed by atoms with Gasteiger partial charge in [0.1, 0.15) is 5.56 Å². The zero-order valence-corrected chi connectivity index (χ0v) is 14.2. The molecule has 0 atom stereocenters. The third-order valence-corrected chi connectivity index (χ3v) is 4.27. The molecule has 1 saturated carbocycles. The number of amides is 1. The van der Waals surface area contributed by atoms with E-state index in [0.717, 1.165) is 18.9 Å². The number of hydrogen-bond donors (Lipinski definition) is 1. The van der Waals surface area contributed by atoms with E-state index >= 15 is 0 Å². The van der Waals surface area contributed by atoms with Gasteiger partial charge < -0.3 is 5.32 Å². The first-order valence-corrected chi connectivity index (χ1v) is 8.44. The molecule has 0 radical (unpaired) electrons. The molecule has 1 N–H and O–H groups in total. The Kier molecular flexibility index (Phi) is 5.15. The van der Waals surface area contributed by atoms with Gasteiger partial charge in [-0.15, -0.1) is 0 Å². The number of carbonyl (C=O) groups is 1. The first kappa shape index (κ1) is 18.9. The molecule has 1 aliphatic carbocycles. The second-order valence-corrected chi connectivity index (χ2v) is 6.33. The van der Waals surface area contributed by atoms with Crippen LogP contribution < -0.4 is 5.32 Å². The molecule has 0 spiro atoms. The Balaban J connectivity index is 1.59. The number of rotatable bonds is 7. The number of alkyl halides is 3. The number of para-hydroxylation sites is 1. The molecule has 3 rings (SSSR count). The van der Waals surface area contributed by atoms with Crippen LogP contribution in [0.3, 0.4) is 0 Å². The van der Waals surface area contributed by atoms with Crippen molar-refractivity contribution in [1.82, 2.24) is 15.1 Å². The minimum atomic E-state index is -4.49. The smallest absolute Gasteiger partial charge is 0.352 e. The first-order valence-electron chi connectivity index (χ1n) is 8.44. The van der Waals surface area contributed by atoms with Gasteiger partial charge in [-0.2, -0.15) is 18.3 Å². The molecule has 1 aromatic heterocycles. The number of nitro groups is 1. The summed E-state index contributed by atoms with van der Waals surface area (Å²) in [6, 6.07) is 6.65. The van der Waals surface area contributed by atoms with Gasteiger partial charge in [0, 0.05) is 30.8 Å². The number of nitro benzene ring substituents is 1. The maximum absolute atomic E-state index is 12.9. The van der Waals surface area contributed by atoms with Gasteiger partial charge in [0.25, 0.3) is 11.6 Å². The van der Waals surface area contributed by atoms with Crippen LogP contribution >= 0.6 is 0 Å². The minimum absolute atomic E-state index is 0.0559. The Morgan fingerprint density at radius 2 is 2.04 bits per heavy atom. The molecule has 0 bridgehead atoms. The van der Waals surface area contributed by atoms with Crippen molar-refractivity contribution in [2.24, 2.45) is 0 Å². The second-order valence-electron chi connectivity index (χ2n) is 6.33. The number of nitrogens with one attached hydrogen (secondary N) is 1. The van der Waals surface area contributed by atoms with Gasteiger partial charge in [0.05, 0.1) is 4.92 Å². The van der Waals surface area contributed by atoms with Crippen molar-refractivity contribution in [3.05, 3.63) is 57.4 Å². The van der Waals surface area contributed by atoms with Gasteiger partial charge in [-0.05, 0) is 31.4 Å². The molecule has 1 heterocycles. The summed E-state index contributed by atoms with van der Waals surface area (Å²) >= 11 is 0. The first-order chi connectivity index (χ1) is 12.8. The molecular weight excluding hydrogens is 365 g/mol. The van der Waals surface area contributed by atoms with E-state index in [9.17, 15) is 28.1 Å². The number of nitrogens with zero attached hydrogens (tertiary/aromatic N) is 3. The van der Waals surface area contributed by atoms with Crippen molar-refractivity contribution in [3.63, 3.8) is 0 Å². The van der Waals surface area contributed by atoms with E-state index in [1.54, 1.807) is 0 Å². The molecule has 1 aliphatic rings. The lowest BCUT2D eigenvalue weighted by Gasteiger charge is -2.08.